The molecule has 0 atom stereocenters. The summed E-state index contributed by atoms with van der Waals surface area (Å²) in [5.74, 6) is 2.12. The maximum Gasteiger partial charge on any atom is 0.189 e. The van der Waals surface area contributed by atoms with Crippen molar-refractivity contribution in [3.63, 3.8) is 0 Å². The third kappa shape index (κ3) is 2.18. The first-order chi connectivity index (χ1) is 6.81. The summed E-state index contributed by atoms with van der Waals surface area (Å²) in [6, 6.07) is 0. The number of hydrogen-bond donors (Lipinski definition) is 0. The zero-order valence-corrected chi connectivity index (χ0v) is 10.3. The highest BCUT2D eigenvalue weighted by Gasteiger charge is 2.16. The molecule has 1 aliphatic rings. The average molecular weight is 247 g/mol. The molecule has 76 valence electrons. The summed E-state index contributed by atoms with van der Waals surface area (Å²) >= 11 is 9.52. The van der Waals surface area contributed by atoms with Crippen molar-refractivity contribution in [3.05, 3.63) is 10.8 Å². The van der Waals surface area contributed by atoms with E-state index in [-0.39, 0.29) is 0 Å². The van der Waals surface area contributed by atoms with E-state index in [1.165, 1.54) is 6.42 Å². The van der Waals surface area contributed by atoms with Crippen LogP contribution in [-0.4, -0.2) is 21.5 Å². The Bertz CT molecular complexity index is 344. The van der Waals surface area contributed by atoms with Gasteiger partial charge >= 0.3 is 0 Å². The van der Waals surface area contributed by atoms with E-state index in [9.17, 15) is 0 Å². The van der Waals surface area contributed by atoms with Gasteiger partial charge in [-0.05, 0) is 24.3 Å². The molecule has 0 amide bonds. The van der Waals surface area contributed by atoms with Crippen molar-refractivity contribution in [2.45, 2.75) is 29.8 Å². The summed E-state index contributed by atoms with van der Waals surface area (Å²) in [5.41, 5.74) is 1.14. The predicted octanol–water partition coefficient (Wildman–Crippen LogP) is 3.28. The highest BCUT2D eigenvalue weighted by Crippen LogP contribution is 2.34. The van der Waals surface area contributed by atoms with Crippen LogP contribution in [0.4, 0.5) is 0 Å². The van der Waals surface area contributed by atoms with Crippen LogP contribution < -0.4 is 0 Å². The number of thioether (sulfide) groups is 2. The van der Waals surface area contributed by atoms with E-state index in [2.05, 4.69) is 16.9 Å². The normalized spacial score (nSPS) is 15.3. The van der Waals surface area contributed by atoms with Crippen LogP contribution in [0.1, 0.15) is 19.0 Å². The Labute approximate surface area is 97.2 Å². The Hall–Kier alpha value is 0.0700. The van der Waals surface area contributed by atoms with Gasteiger partial charge in [-0.15, -0.1) is 11.8 Å². The van der Waals surface area contributed by atoms with Crippen molar-refractivity contribution in [1.82, 2.24) is 9.97 Å². The SMILES string of the molecule is CCSc1nc(Cl)c2c(n1)CCCS2. The van der Waals surface area contributed by atoms with Crippen LogP contribution in [0.15, 0.2) is 10.1 Å². The molecule has 14 heavy (non-hydrogen) atoms. The van der Waals surface area contributed by atoms with Crippen LogP contribution in [0, 0.1) is 0 Å². The average Bonchev–Trinajstić information content (AvgIpc) is 2.18. The van der Waals surface area contributed by atoms with Gasteiger partial charge in [-0.2, -0.15) is 0 Å². The summed E-state index contributed by atoms with van der Waals surface area (Å²) in [7, 11) is 0. The molecular formula is C9H11ClN2S2. The predicted molar refractivity (Wildman–Crippen MR) is 62.5 cm³/mol. The molecule has 2 nitrogen and oxygen atoms in total. The van der Waals surface area contributed by atoms with Crippen molar-refractivity contribution in [1.29, 1.82) is 0 Å². The highest BCUT2D eigenvalue weighted by molar-refractivity contribution is 7.99. The fraction of sp³-hybridized carbons (Fsp3) is 0.556. The van der Waals surface area contributed by atoms with Gasteiger partial charge in [-0.1, -0.05) is 30.3 Å². The molecule has 5 heteroatoms. The summed E-state index contributed by atoms with van der Waals surface area (Å²) in [5, 5.41) is 1.45. The Kier molecular flexibility index (Phi) is 3.57. The molecule has 0 radical (unpaired) electrons. The van der Waals surface area contributed by atoms with Crippen LogP contribution in [0.5, 0.6) is 0 Å². The molecule has 0 fully saturated rings. The summed E-state index contributed by atoms with van der Waals surface area (Å²) in [4.78, 5) is 9.88. The standard InChI is InChI=1S/C9H11ClN2S2/c1-2-13-9-11-6-4-3-5-14-7(6)8(10)12-9/h2-5H2,1H3. The van der Waals surface area contributed by atoms with Gasteiger partial charge in [0.15, 0.2) is 5.16 Å². The second kappa shape index (κ2) is 4.73. The van der Waals surface area contributed by atoms with E-state index >= 15 is 0 Å². The van der Waals surface area contributed by atoms with Gasteiger partial charge in [0, 0.05) is 0 Å². The monoisotopic (exact) mass is 246 g/mol. The van der Waals surface area contributed by atoms with Crippen molar-refractivity contribution in [2.75, 3.05) is 11.5 Å². The van der Waals surface area contributed by atoms with E-state index < -0.39 is 0 Å². The lowest BCUT2D eigenvalue weighted by Gasteiger charge is -2.15. The number of halogens is 1. The first kappa shape index (κ1) is 10.6. The second-order valence-corrected chi connectivity index (χ2v) is 5.65. The fourth-order valence-corrected chi connectivity index (χ4v) is 3.33. The molecule has 2 rings (SSSR count). The maximum absolute atomic E-state index is 6.10. The van der Waals surface area contributed by atoms with Crippen LogP contribution >= 0.6 is 35.1 Å². The van der Waals surface area contributed by atoms with Gasteiger partial charge in [0.05, 0.1) is 10.6 Å². The third-order valence-corrected chi connectivity index (χ3v) is 4.28. The Morgan fingerprint density at radius 1 is 1.50 bits per heavy atom. The van der Waals surface area contributed by atoms with E-state index in [4.69, 9.17) is 11.6 Å². The van der Waals surface area contributed by atoms with Crippen LogP contribution in [0.2, 0.25) is 5.15 Å². The minimum absolute atomic E-state index is 0.635. The zero-order chi connectivity index (χ0) is 9.97. The number of aryl methyl sites for hydroxylation is 1. The minimum atomic E-state index is 0.635. The molecule has 2 heterocycles. The lowest BCUT2D eigenvalue weighted by molar-refractivity contribution is 0.783. The molecule has 0 N–H and O–H groups in total. The summed E-state index contributed by atoms with van der Waals surface area (Å²) in [6.45, 7) is 2.09. The first-order valence-corrected chi connectivity index (χ1v) is 6.98. The molecule has 0 spiro atoms. The largest absolute Gasteiger partial charge is 0.226 e. The van der Waals surface area contributed by atoms with Crippen molar-refractivity contribution in [3.8, 4) is 0 Å². The molecule has 1 aromatic heterocycles. The van der Waals surface area contributed by atoms with Crippen LogP contribution in [0.25, 0.3) is 0 Å². The molecule has 1 aliphatic heterocycles. The van der Waals surface area contributed by atoms with E-state index in [0.29, 0.717) is 5.15 Å². The van der Waals surface area contributed by atoms with E-state index in [1.54, 1.807) is 23.5 Å². The van der Waals surface area contributed by atoms with Crippen molar-refractivity contribution in [2.24, 2.45) is 0 Å². The third-order valence-electron chi connectivity index (χ3n) is 1.95. The molecule has 1 aromatic rings. The van der Waals surface area contributed by atoms with Gasteiger partial charge < -0.3 is 0 Å². The van der Waals surface area contributed by atoms with Gasteiger partial charge in [0.1, 0.15) is 5.15 Å². The number of hydrogen-bond acceptors (Lipinski definition) is 4. The molecule has 0 bridgehead atoms. The fourth-order valence-electron chi connectivity index (χ4n) is 1.36. The zero-order valence-electron chi connectivity index (χ0n) is 7.92. The molecule has 0 aromatic carbocycles. The first-order valence-electron chi connectivity index (χ1n) is 4.63. The van der Waals surface area contributed by atoms with Crippen molar-refractivity contribution < 1.29 is 0 Å². The van der Waals surface area contributed by atoms with Crippen molar-refractivity contribution >= 4 is 35.1 Å². The summed E-state index contributed by atoms with van der Waals surface area (Å²) in [6.07, 6.45) is 2.24. The summed E-state index contributed by atoms with van der Waals surface area (Å²) < 4.78 is 0. The molecule has 0 unspecified atom stereocenters. The van der Waals surface area contributed by atoms with Gasteiger partial charge in [0.2, 0.25) is 0 Å². The van der Waals surface area contributed by atoms with Gasteiger partial charge in [-0.3, -0.25) is 0 Å². The van der Waals surface area contributed by atoms with Crippen LogP contribution in [-0.2, 0) is 6.42 Å². The topological polar surface area (TPSA) is 25.8 Å². The number of aromatic nitrogens is 2. The van der Waals surface area contributed by atoms with E-state index in [1.807, 2.05) is 0 Å². The van der Waals surface area contributed by atoms with Gasteiger partial charge in [-0.25, -0.2) is 9.97 Å². The Morgan fingerprint density at radius 3 is 3.14 bits per heavy atom. The number of rotatable bonds is 2. The molecule has 0 saturated carbocycles. The maximum atomic E-state index is 6.10. The Morgan fingerprint density at radius 2 is 2.36 bits per heavy atom. The number of fused-ring (bicyclic) bond motifs is 1. The van der Waals surface area contributed by atoms with E-state index in [0.717, 1.165) is 33.7 Å². The Balaban J connectivity index is 2.36. The quantitative estimate of drug-likeness (QED) is 0.454. The lowest BCUT2D eigenvalue weighted by Crippen LogP contribution is -2.05. The minimum Gasteiger partial charge on any atom is -0.226 e. The highest BCUT2D eigenvalue weighted by atomic mass is 35.5. The van der Waals surface area contributed by atoms with Gasteiger partial charge in [0.25, 0.3) is 0 Å². The van der Waals surface area contributed by atoms with Crippen LogP contribution in [0.3, 0.4) is 0 Å². The smallest absolute Gasteiger partial charge is 0.189 e. The second-order valence-electron chi connectivity index (χ2n) is 2.96. The molecule has 0 aliphatic carbocycles. The number of nitrogens with zero attached hydrogens (tertiary/aromatic N) is 2. The molecule has 0 saturated heterocycles. The lowest BCUT2D eigenvalue weighted by atomic mass is 10.2. The molecular weight excluding hydrogens is 236 g/mol.